The van der Waals surface area contributed by atoms with Gasteiger partial charge in [-0.15, -0.1) is 0 Å². The third-order valence-corrected chi connectivity index (χ3v) is 2.73. The molecule has 1 aromatic carbocycles. The fourth-order valence-corrected chi connectivity index (χ4v) is 1.58. The Morgan fingerprint density at radius 2 is 1.68 bits per heavy atom. The predicted molar refractivity (Wildman–Crippen MR) is 64.1 cm³/mol. The second kappa shape index (κ2) is 5.61. The van der Waals surface area contributed by atoms with Crippen molar-refractivity contribution in [3.63, 3.8) is 0 Å². The Morgan fingerprint density at radius 1 is 1.16 bits per heavy atom. The van der Waals surface area contributed by atoms with E-state index in [0.717, 1.165) is 6.07 Å². The van der Waals surface area contributed by atoms with Gasteiger partial charge in [-0.05, 0) is 26.8 Å². The van der Waals surface area contributed by atoms with Gasteiger partial charge < -0.3 is 5.11 Å². The van der Waals surface area contributed by atoms with E-state index in [1.54, 1.807) is 20.8 Å². The maximum Gasteiger partial charge on any atom is 0.317 e. The van der Waals surface area contributed by atoms with Gasteiger partial charge >= 0.3 is 5.97 Å². The van der Waals surface area contributed by atoms with Gasteiger partial charge in [0.25, 0.3) is 0 Å². The van der Waals surface area contributed by atoms with Crippen molar-refractivity contribution in [2.45, 2.75) is 32.9 Å². The van der Waals surface area contributed by atoms with Crippen LogP contribution >= 0.6 is 0 Å². The Balaban J connectivity index is 3.03. The molecule has 0 aromatic heterocycles. The lowest BCUT2D eigenvalue weighted by Gasteiger charge is -2.34. The fourth-order valence-electron chi connectivity index (χ4n) is 1.58. The molecule has 6 heteroatoms. The Kier molecular flexibility index (Phi) is 4.57. The summed E-state index contributed by atoms with van der Waals surface area (Å²) in [5.74, 6) is -4.38. The van der Waals surface area contributed by atoms with Crippen molar-refractivity contribution in [1.29, 1.82) is 0 Å². The molecule has 0 aliphatic carbocycles. The number of carbonyl (C=O) groups is 1. The SMILES string of the molecule is CC(C)(C)N(CC(=O)O)Cc1cc(F)c(F)cc1F. The maximum atomic E-state index is 13.5. The second-order valence-electron chi connectivity index (χ2n) is 5.28. The Morgan fingerprint density at radius 3 is 2.16 bits per heavy atom. The topological polar surface area (TPSA) is 40.5 Å². The molecular weight excluding hydrogens is 259 g/mol. The van der Waals surface area contributed by atoms with Gasteiger partial charge in [-0.2, -0.15) is 0 Å². The third kappa shape index (κ3) is 4.24. The zero-order valence-corrected chi connectivity index (χ0v) is 11.0. The summed E-state index contributed by atoms with van der Waals surface area (Å²) in [5.41, 5.74) is -0.620. The number of carboxylic acids is 1. The summed E-state index contributed by atoms with van der Waals surface area (Å²) in [6.45, 7) is 4.84. The summed E-state index contributed by atoms with van der Waals surface area (Å²) in [6, 6.07) is 1.22. The number of nitrogens with zero attached hydrogens (tertiary/aromatic N) is 1. The van der Waals surface area contributed by atoms with Crippen LogP contribution in [-0.4, -0.2) is 28.1 Å². The zero-order chi connectivity index (χ0) is 14.8. The summed E-state index contributed by atoms with van der Waals surface area (Å²) in [4.78, 5) is 12.2. The molecule has 1 N–H and O–H groups in total. The van der Waals surface area contributed by atoms with E-state index in [0.29, 0.717) is 6.07 Å². The van der Waals surface area contributed by atoms with Gasteiger partial charge in [0.2, 0.25) is 0 Å². The first-order valence-electron chi connectivity index (χ1n) is 5.71. The molecule has 3 nitrogen and oxygen atoms in total. The number of benzene rings is 1. The highest BCUT2D eigenvalue weighted by Gasteiger charge is 2.25. The smallest absolute Gasteiger partial charge is 0.317 e. The minimum absolute atomic E-state index is 0.0740. The van der Waals surface area contributed by atoms with Gasteiger partial charge in [-0.3, -0.25) is 9.69 Å². The first kappa shape index (κ1) is 15.5. The van der Waals surface area contributed by atoms with E-state index in [1.165, 1.54) is 4.90 Å². The van der Waals surface area contributed by atoms with Gasteiger partial charge in [-0.1, -0.05) is 0 Å². The lowest BCUT2D eigenvalue weighted by molar-refractivity contribution is -0.139. The maximum absolute atomic E-state index is 13.5. The molecule has 0 atom stereocenters. The highest BCUT2D eigenvalue weighted by molar-refractivity contribution is 5.69. The van der Waals surface area contributed by atoms with Crippen molar-refractivity contribution in [2.75, 3.05) is 6.54 Å². The highest BCUT2D eigenvalue weighted by atomic mass is 19.2. The number of hydrogen-bond acceptors (Lipinski definition) is 2. The van der Waals surface area contributed by atoms with Crippen LogP contribution in [0.4, 0.5) is 13.2 Å². The van der Waals surface area contributed by atoms with Crippen LogP contribution in [0.2, 0.25) is 0 Å². The van der Waals surface area contributed by atoms with Crippen molar-refractivity contribution in [3.8, 4) is 0 Å². The van der Waals surface area contributed by atoms with Crippen LogP contribution in [0, 0.1) is 17.5 Å². The standard InChI is InChI=1S/C13H16F3NO2/c1-13(2,3)17(7-12(18)19)6-8-4-10(15)11(16)5-9(8)14/h4-5H,6-7H2,1-3H3,(H,18,19). The molecule has 0 spiro atoms. The van der Waals surface area contributed by atoms with E-state index in [4.69, 9.17) is 5.11 Å². The quantitative estimate of drug-likeness (QED) is 0.859. The van der Waals surface area contributed by atoms with E-state index >= 15 is 0 Å². The minimum Gasteiger partial charge on any atom is -0.480 e. The molecular formula is C13H16F3NO2. The number of halogens is 3. The normalized spacial score (nSPS) is 11.9. The lowest BCUT2D eigenvalue weighted by atomic mass is 10.0. The molecule has 0 aliphatic heterocycles. The van der Waals surface area contributed by atoms with Gasteiger partial charge in [-0.25, -0.2) is 13.2 Å². The van der Waals surface area contributed by atoms with Crippen molar-refractivity contribution < 1.29 is 23.1 Å². The summed E-state index contributed by atoms with van der Waals surface area (Å²) in [5, 5.41) is 8.82. The molecule has 0 amide bonds. The number of carboxylic acid groups (broad SMARTS) is 1. The van der Waals surface area contributed by atoms with Crippen LogP contribution in [0.15, 0.2) is 12.1 Å². The van der Waals surface area contributed by atoms with Gasteiger partial charge in [0.15, 0.2) is 11.6 Å². The molecule has 0 saturated carbocycles. The van der Waals surface area contributed by atoms with E-state index in [1.807, 2.05) is 0 Å². The lowest BCUT2D eigenvalue weighted by Crippen LogP contribution is -2.44. The van der Waals surface area contributed by atoms with Gasteiger partial charge in [0.1, 0.15) is 5.82 Å². The Bertz CT molecular complexity index is 484. The predicted octanol–water partition coefficient (Wildman–Crippen LogP) is 2.79. The van der Waals surface area contributed by atoms with E-state index in [2.05, 4.69) is 0 Å². The minimum atomic E-state index is -1.26. The summed E-state index contributed by atoms with van der Waals surface area (Å²) in [6.07, 6.45) is 0. The molecule has 0 bridgehead atoms. The van der Waals surface area contributed by atoms with E-state index in [9.17, 15) is 18.0 Å². The van der Waals surface area contributed by atoms with E-state index in [-0.39, 0.29) is 18.7 Å². The van der Waals surface area contributed by atoms with Crippen LogP contribution < -0.4 is 0 Å². The van der Waals surface area contributed by atoms with Gasteiger partial charge in [0, 0.05) is 23.7 Å². The highest BCUT2D eigenvalue weighted by Crippen LogP contribution is 2.20. The fraction of sp³-hybridized carbons (Fsp3) is 0.462. The molecule has 19 heavy (non-hydrogen) atoms. The first-order valence-corrected chi connectivity index (χ1v) is 5.71. The molecule has 0 unspecified atom stereocenters. The first-order chi connectivity index (χ1) is 8.61. The average molecular weight is 275 g/mol. The third-order valence-electron chi connectivity index (χ3n) is 2.73. The molecule has 0 radical (unpaired) electrons. The van der Waals surface area contributed by atoms with Crippen molar-refractivity contribution in [2.24, 2.45) is 0 Å². The molecule has 0 heterocycles. The van der Waals surface area contributed by atoms with Crippen LogP contribution in [-0.2, 0) is 11.3 Å². The monoisotopic (exact) mass is 275 g/mol. The summed E-state index contributed by atoms with van der Waals surface area (Å²) < 4.78 is 39.4. The molecule has 1 aromatic rings. The Labute approximate surface area is 109 Å². The largest absolute Gasteiger partial charge is 0.480 e. The van der Waals surface area contributed by atoms with Crippen molar-refractivity contribution >= 4 is 5.97 Å². The van der Waals surface area contributed by atoms with Crippen LogP contribution in [0.3, 0.4) is 0 Å². The summed E-state index contributed by atoms with van der Waals surface area (Å²) >= 11 is 0. The molecule has 0 saturated heterocycles. The summed E-state index contributed by atoms with van der Waals surface area (Å²) in [7, 11) is 0. The number of aliphatic carboxylic acids is 1. The average Bonchev–Trinajstić information content (AvgIpc) is 2.22. The molecule has 106 valence electrons. The molecule has 0 aliphatic rings. The van der Waals surface area contributed by atoms with Crippen LogP contribution in [0.1, 0.15) is 26.3 Å². The van der Waals surface area contributed by atoms with Crippen LogP contribution in [0.25, 0.3) is 0 Å². The second-order valence-corrected chi connectivity index (χ2v) is 5.28. The molecule has 0 fully saturated rings. The Hall–Kier alpha value is -1.56. The van der Waals surface area contributed by atoms with Crippen molar-refractivity contribution in [1.82, 2.24) is 4.90 Å². The molecule has 1 rings (SSSR count). The van der Waals surface area contributed by atoms with Crippen molar-refractivity contribution in [3.05, 3.63) is 35.1 Å². The van der Waals surface area contributed by atoms with E-state index < -0.39 is 29.0 Å². The van der Waals surface area contributed by atoms with Gasteiger partial charge in [0.05, 0.1) is 6.54 Å². The number of hydrogen-bond donors (Lipinski definition) is 1. The number of rotatable bonds is 4. The zero-order valence-electron chi connectivity index (χ0n) is 11.0. The van der Waals surface area contributed by atoms with Crippen LogP contribution in [0.5, 0.6) is 0 Å².